The number of pyridine rings is 1. The first-order chi connectivity index (χ1) is 9.74. The summed E-state index contributed by atoms with van der Waals surface area (Å²) in [6.45, 7) is 2.60. The summed E-state index contributed by atoms with van der Waals surface area (Å²) in [7, 11) is 0. The summed E-state index contributed by atoms with van der Waals surface area (Å²) in [6.07, 6.45) is 2.50. The van der Waals surface area contributed by atoms with Crippen LogP contribution in [0.25, 0.3) is 0 Å². The van der Waals surface area contributed by atoms with E-state index in [1.807, 2.05) is 13.0 Å². The van der Waals surface area contributed by atoms with Crippen LogP contribution in [-0.2, 0) is 0 Å². The number of nitrogen functional groups attached to an aromatic ring is 1. The molecule has 0 bridgehead atoms. The van der Waals surface area contributed by atoms with Crippen molar-refractivity contribution < 1.29 is 9.47 Å². The second-order valence-electron chi connectivity index (χ2n) is 4.12. The quantitative estimate of drug-likeness (QED) is 0.843. The van der Waals surface area contributed by atoms with Crippen LogP contribution in [0.1, 0.15) is 18.9 Å². The molecule has 0 spiro atoms. The topological polar surface area (TPSA) is 81.2 Å². The number of hydrogen-bond donors (Lipinski definition) is 1. The van der Waals surface area contributed by atoms with Gasteiger partial charge >= 0.3 is 0 Å². The maximum Gasteiger partial charge on any atom is 0.262 e. The van der Waals surface area contributed by atoms with E-state index in [1.54, 1.807) is 36.5 Å². The lowest BCUT2D eigenvalue weighted by Gasteiger charge is -2.11. The van der Waals surface area contributed by atoms with Crippen molar-refractivity contribution in [2.45, 2.75) is 13.3 Å². The molecule has 0 saturated carbocycles. The van der Waals surface area contributed by atoms with Crippen molar-refractivity contribution in [1.82, 2.24) is 4.98 Å². The van der Waals surface area contributed by atoms with E-state index in [0.717, 1.165) is 6.42 Å². The first kappa shape index (κ1) is 13.7. The molecular weight excluding hydrogens is 254 g/mol. The van der Waals surface area contributed by atoms with Gasteiger partial charge in [-0.15, -0.1) is 0 Å². The molecule has 0 saturated heterocycles. The van der Waals surface area contributed by atoms with Gasteiger partial charge in [0.05, 0.1) is 12.2 Å². The molecule has 102 valence electrons. The smallest absolute Gasteiger partial charge is 0.262 e. The second-order valence-corrected chi connectivity index (χ2v) is 4.12. The Labute approximate surface area is 117 Å². The molecule has 0 amide bonds. The number of nitrogens with zero attached hydrogens (tertiary/aromatic N) is 2. The molecule has 0 aliphatic heterocycles. The summed E-state index contributed by atoms with van der Waals surface area (Å²) in [6, 6.07) is 10.5. The summed E-state index contributed by atoms with van der Waals surface area (Å²) >= 11 is 0. The largest absolute Gasteiger partial charge is 0.488 e. The zero-order valence-electron chi connectivity index (χ0n) is 11.2. The van der Waals surface area contributed by atoms with Gasteiger partial charge in [-0.2, -0.15) is 5.26 Å². The standard InChI is InChI=1S/C15H15N3O2/c1-2-8-19-14-4-3-7-18-15(14)20-13-6-5-12(17)9-11(13)10-16/h3-7,9H,2,8,17H2,1H3. The van der Waals surface area contributed by atoms with Gasteiger partial charge in [0.15, 0.2) is 5.75 Å². The van der Waals surface area contributed by atoms with Crippen molar-refractivity contribution in [1.29, 1.82) is 5.26 Å². The van der Waals surface area contributed by atoms with Crippen LogP contribution in [0.3, 0.4) is 0 Å². The third kappa shape index (κ3) is 3.18. The highest BCUT2D eigenvalue weighted by Crippen LogP contribution is 2.31. The van der Waals surface area contributed by atoms with E-state index in [0.29, 0.717) is 35.2 Å². The second kappa shape index (κ2) is 6.43. The van der Waals surface area contributed by atoms with Crippen LogP contribution in [0.15, 0.2) is 36.5 Å². The maximum atomic E-state index is 9.09. The highest BCUT2D eigenvalue weighted by Gasteiger charge is 2.10. The van der Waals surface area contributed by atoms with E-state index in [-0.39, 0.29) is 0 Å². The summed E-state index contributed by atoms with van der Waals surface area (Å²) in [5.74, 6) is 1.29. The molecule has 0 unspecified atom stereocenters. The fourth-order valence-corrected chi connectivity index (χ4v) is 1.60. The number of anilines is 1. The molecule has 0 aliphatic carbocycles. The minimum atomic E-state index is 0.335. The summed E-state index contributed by atoms with van der Waals surface area (Å²) in [4.78, 5) is 4.14. The van der Waals surface area contributed by atoms with Crippen LogP contribution < -0.4 is 15.2 Å². The van der Waals surface area contributed by atoms with Gasteiger partial charge in [-0.25, -0.2) is 4.98 Å². The molecule has 0 fully saturated rings. The summed E-state index contributed by atoms with van der Waals surface area (Å²) in [5, 5.41) is 9.09. The fourth-order valence-electron chi connectivity index (χ4n) is 1.60. The van der Waals surface area contributed by atoms with Crippen LogP contribution in [-0.4, -0.2) is 11.6 Å². The molecule has 20 heavy (non-hydrogen) atoms. The number of nitriles is 1. The normalized spacial score (nSPS) is 9.80. The first-order valence-corrected chi connectivity index (χ1v) is 6.30. The Kier molecular flexibility index (Phi) is 4.40. The Bertz CT molecular complexity index is 635. The highest BCUT2D eigenvalue weighted by atomic mass is 16.5. The molecule has 5 heteroatoms. The molecule has 1 aromatic heterocycles. The predicted octanol–water partition coefficient (Wildman–Crippen LogP) is 3.12. The molecule has 0 radical (unpaired) electrons. The number of rotatable bonds is 5. The first-order valence-electron chi connectivity index (χ1n) is 6.30. The third-order valence-electron chi connectivity index (χ3n) is 2.53. The van der Waals surface area contributed by atoms with Gasteiger partial charge in [-0.1, -0.05) is 6.92 Å². The zero-order valence-corrected chi connectivity index (χ0v) is 11.2. The molecule has 1 heterocycles. The Morgan fingerprint density at radius 2 is 2.15 bits per heavy atom. The minimum Gasteiger partial charge on any atom is -0.488 e. The van der Waals surface area contributed by atoms with Gasteiger partial charge in [0.1, 0.15) is 11.8 Å². The van der Waals surface area contributed by atoms with Gasteiger partial charge in [0.2, 0.25) is 0 Å². The van der Waals surface area contributed by atoms with Crippen molar-refractivity contribution >= 4 is 5.69 Å². The van der Waals surface area contributed by atoms with Crippen molar-refractivity contribution in [2.75, 3.05) is 12.3 Å². The predicted molar refractivity (Wildman–Crippen MR) is 75.7 cm³/mol. The molecule has 0 atom stereocenters. The van der Waals surface area contributed by atoms with Crippen molar-refractivity contribution in [3.8, 4) is 23.4 Å². The zero-order chi connectivity index (χ0) is 14.4. The van der Waals surface area contributed by atoms with Gasteiger partial charge in [0, 0.05) is 11.9 Å². The van der Waals surface area contributed by atoms with E-state index in [1.165, 1.54) is 0 Å². The number of hydrogen-bond acceptors (Lipinski definition) is 5. The lowest BCUT2D eigenvalue weighted by molar-refractivity contribution is 0.298. The monoisotopic (exact) mass is 269 g/mol. The van der Waals surface area contributed by atoms with Crippen LogP contribution in [0, 0.1) is 11.3 Å². The Balaban J connectivity index is 2.28. The lowest BCUT2D eigenvalue weighted by atomic mass is 10.2. The van der Waals surface area contributed by atoms with Gasteiger partial charge in [0.25, 0.3) is 5.88 Å². The van der Waals surface area contributed by atoms with Crippen molar-refractivity contribution in [3.05, 3.63) is 42.1 Å². The molecule has 0 aliphatic rings. The van der Waals surface area contributed by atoms with E-state index in [4.69, 9.17) is 20.5 Å². The van der Waals surface area contributed by atoms with Crippen LogP contribution >= 0.6 is 0 Å². The fraction of sp³-hybridized carbons (Fsp3) is 0.200. The van der Waals surface area contributed by atoms with E-state index in [2.05, 4.69) is 4.98 Å². The number of aromatic nitrogens is 1. The van der Waals surface area contributed by atoms with Crippen LogP contribution in [0.4, 0.5) is 5.69 Å². The number of nitrogens with two attached hydrogens (primary N) is 1. The highest BCUT2D eigenvalue weighted by molar-refractivity contribution is 5.54. The van der Waals surface area contributed by atoms with Crippen molar-refractivity contribution in [2.24, 2.45) is 0 Å². The number of benzene rings is 1. The molecule has 1 aromatic carbocycles. The average molecular weight is 269 g/mol. The summed E-state index contributed by atoms with van der Waals surface area (Å²) < 4.78 is 11.2. The Morgan fingerprint density at radius 1 is 1.30 bits per heavy atom. The van der Waals surface area contributed by atoms with Gasteiger partial charge < -0.3 is 15.2 Å². The summed E-state index contributed by atoms with van der Waals surface area (Å²) in [5.41, 5.74) is 6.51. The maximum absolute atomic E-state index is 9.09. The SMILES string of the molecule is CCCOc1cccnc1Oc1ccc(N)cc1C#N. The molecule has 2 rings (SSSR count). The molecule has 2 N–H and O–H groups in total. The minimum absolute atomic E-state index is 0.335. The molecule has 2 aromatic rings. The number of ether oxygens (including phenoxy) is 2. The Morgan fingerprint density at radius 3 is 2.90 bits per heavy atom. The third-order valence-corrected chi connectivity index (χ3v) is 2.53. The van der Waals surface area contributed by atoms with Gasteiger partial charge in [-0.3, -0.25) is 0 Å². The van der Waals surface area contributed by atoms with Crippen LogP contribution in [0.5, 0.6) is 17.4 Å². The van der Waals surface area contributed by atoms with E-state index < -0.39 is 0 Å². The van der Waals surface area contributed by atoms with Gasteiger partial charge in [-0.05, 0) is 36.8 Å². The average Bonchev–Trinajstić information content (AvgIpc) is 2.48. The van der Waals surface area contributed by atoms with Crippen molar-refractivity contribution in [3.63, 3.8) is 0 Å². The molecule has 5 nitrogen and oxygen atoms in total. The lowest BCUT2D eigenvalue weighted by Crippen LogP contribution is -1.99. The van der Waals surface area contributed by atoms with E-state index >= 15 is 0 Å². The van der Waals surface area contributed by atoms with E-state index in [9.17, 15) is 0 Å². The van der Waals surface area contributed by atoms with Crippen LogP contribution in [0.2, 0.25) is 0 Å². The molecular formula is C15H15N3O2. The Hall–Kier alpha value is -2.74.